The zero-order valence-electron chi connectivity index (χ0n) is 9.89. The summed E-state index contributed by atoms with van der Waals surface area (Å²) in [5, 5.41) is 16.8. The molecule has 19 heavy (non-hydrogen) atoms. The number of carboxylic acid groups (broad SMARTS) is 2. The van der Waals surface area contributed by atoms with Crippen molar-refractivity contribution in [1.29, 1.82) is 0 Å². The lowest BCUT2D eigenvalue weighted by Gasteiger charge is -1.88. The Morgan fingerprint density at radius 1 is 0.632 bits per heavy atom. The van der Waals surface area contributed by atoms with Crippen molar-refractivity contribution in [2.75, 3.05) is 0 Å². The highest BCUT2D eigenvalue weighted by atomic mass is 35.5. The van der Waals surface area contributed by atoms with Crippen LogP contribution in [0.3, 0.4) is 0 Å². The van der Waals surface area contributed by atoms with Gasteiger partial charge >= 0.3 is 11.9 Å². The van der Waals surface area contributed by atoms with Crippen molar-refractivity contribution in [2.24, 2.45) is 0 Å². The highest BCUT2D eigenvalue weighted by molar-refractivity contribution is 5.87. The fraction of sp³-hybridized carbons (Fsp3) is 0. The van der Waals surface area contributed by atoms with E-state index in [1.807, 2.05) is 0 Å². The number of rotatable bonds is 2. The summed E-state index contributed by atoms with van der Waals surface area (Å²) in [6, 6.07) is 16.6. The van der Waals surface area contributed by atoms with Gasteiger partial charge in [-0.1, -0.05) is 36.4 Å². The van der Waals surface area contributed by atoms with E-state index in [-0.39, 0.29) is 12.4 Å². The Balaban J connectivity index is 0.000000324. The van der Waals surface area contributed by atoms with Crippen LogP contribution in [0.2, 0.25) is 0 Å². The lowest BCUT2D eigenvalue weighted by Crippen LogP contribution is -1.93. The first kappa shape index (κ1) is 16.7. The summed E-state index contributed by atoms with van der Waals surface area (Å²) in [6.45, 7) is 0. The zero-order valence-corrected chi connectivity index (χ0v) is 10.7. The van der Waals surface area contributed by atoms with E-state index in [0.29, 0.717) is 11.1 Å². The molecule has 0 aliphatic rings. The van der Waals surface area contributed by atoms with Gasteiger partial charge in [0.05, 0.1) is 11.1 Å². The molecule has 2 N–H and O–H groups in total. The molecule has 0 heterocycles. The van der Waals surface area contributed by atoms with Crippen LogP contribution in [0.5, 0.6) is 0 Å². The molecule has 0 bridgehead atoms. The molecule has 0 aliphatic carbocycles. The van der Waals surface area contributed by atoms with Crippen LogP contribution in [0.1, 0.15) is 20.7 Å². The van der Waals surface area contributed by atoms with Crippen LogP contribution in [0, 0.1) is 0 Å². The molecule has 0 radical (unpaired) electrons. The molecule has 2 aromatic carbocycles. The van der Waals surface area contributed by atoms with Gasteiger partial charge in [-0.15, -0.1) is 12.4 Å². The Labute approximate surface area is 116 Å². The molecule has 0 saturated carbocycles. The van der Waals surface area contributed by atoms with Gasteiger partial charge in [0.2, 0.25) is 0 Å². The molecule has 0 amide bonds. The molecular formula is C14H13ClO4. The molecule has 0 aliphatic heterocycles. The summed E-state index contributed by atoms with van der Waals surface area (Å²) in [6.07, 6.45) is 0. The number of halogens is 1. The molecule has 2 rings (SSSR count). The first-order chi connectivity index (χ1) is 8.61. The molecule has 0 atom stereocenters. The molecule has 0 spiro atoms. The quantitative estimate of drug-likeness (QED) is 0.886. The van der Waals surface area contributed by atoms with Crippen LogP contribution in [0.25, 0.3) is 0 Å². The van der Waals surface area contributed by atoms with Gasteiger partial charge in [-0.25, -0.2) is 9.59 Å². The minimum absolute atomic E-state index is 0. The van der Waals surface area contributed by atoms with Gasteiger partial charge < -0.3 is 10.2 Å². The minimum Gasteiger partial charge on any atom is -0.478 e. The van der Waals surface area contributed by atoms with Crippen molar-refractivity contribution in [3.05, 3.63) is 71.8 Å². The molecule has 0 fully saturated rings. The minimum atomic E-state index is -0.879. The molecule has 100 valence electrons. The van der Waals surface area contributed by atoms with E-state index in [4.69, 9.17) is 10.2 Å². The van der Waals surface area contributed by atoms with Crippen LogP contribution in [-0.2, 0) is 0 Å². The summed E-state index contributed by atoms with van der Waals surface area (Å²) in [7, 11) is 0. The molecule has 0 aromatic heterocycles. The van der Waals surface area contributed by atoms with Crippen molar-refractivity contribution in [3.8, 4) is 0 Å². The second-order valence-corrected chi connectivity index (χ2v) is 3.34. The Kier molecular flexibility index (Phi) is 7.65. The largest absolute Gasteiger partial charge is 0.478 e. The Morgan fingerprint density at radius 3 is 1.05 bits per heavy atom. The van der Waals surface area contributed by atoms with Crippen molar-refractivity contribution in [1.82, 2.24) is 0 Å². The van der Waals surface area contributed by atoms with Crippen LogP contribution in [0.15, 0.2) is 60.7 Å². The SMILES string of the molecule is Cl.O=C(O)c1ccccc1.O=C(O)c1ccccc1. The maximum absolute atomic E-state index is 10.2. The number of carboxylic acids is 2. The van der Waals surface area contributed by atoms with E-state index < -0.39 is 11.9 Å². The number of benzene rings is 2. The van der Waals surface area contributed by atoms with Gasteiger partial charge in [0.1, 0.15) is 0 Å². The zero-order chi connectivity index (χ0) is 13.4. The van der Waals surface area contributed by atoms with E-state index in [1.165, 1.54) is 0 Å². The van der Waals surface area contributed by atoms with Gasteiger partial charge in [-0.3, -0.25) is 0 Å². The van der Waals surface area contributed by atoms with Crippen LogP contribution in [0.4, 0.5) is 0 Å². The Morgan fingerprint density at radius 2 is 0.895 bits per heavy atom. The van der Waals surface area contributed by atoms with Gasteiger partial charge in [0.15, 0.2) is 0 Å². The third-order valence-electron chi connectivity index (χ3n) is 2.04. The third-order valence-corrected chi connectivity index (χ3v) is 2.04. The summed E-state index contributed by atoms with van der Waals surface area (Å²) in [5.41, 5.74) is 0.662. The highest BCUT2D eigenvalue weighted by Crippen LogP contribution is 1.96. The average Bonchev–Trinajstić information content (AvgIpc) is 2.41. The summed E-state index contributed by atoms with van der Waals surface area (Å²) >= 11 is 0. The van der Waals surface area contributed by atoms with Crippen molar-refractivity contribution < 1.29 is 19.8 Å². The predicted octanol–water partition coefficient (Wildman–Crippen LogP) is 3.19. The monoisotopic (exact) mass is 280 g/mol. The smallest absolute Gasteiger partial charge is 0.335 e. The molecule has 5 heteroatoms. The topological polar surface area (TPSA) is 74.6 Å². The van der Waals surface area contributed by atoms with Gasteiger partial charge in [-0.05, 0) is 24.3 Å². The Hall–Kier alpha value is -2.33. The molecule has 2 aromatic rings. The average molecular weight is 281 g/mol. The standard InChI is InChI=1S/2C7H6O2.ClH/c2*8-7(9)6-4-2-1-3-5-6;/h2*1-5H,(H,8,9);1H. The second kappa shape index (κ2) is 8.72. The maximum Gasteiger partial charge on any atom is 0.335 e. The molecular weight excluding hydrogens is 268 g/mol. The number of hydrogen-bond donors (Lipinski definition) is 2. The van der Waals surface area contributed by atoms with E-state index in [0.717, 1.165) is 0 Å². The lowest BCUT2D eigenvalue weighted by atomic mass is 10.2. The third kappa shape index (κ3) is 6.24. The van der Waals surface area contributed by atoms with Crippen molar-refractivity contribution in [2.45, 2.75) is 0 Å². The molecule has 4 nitrogen and oxygen atoms in total. The first-order valence-electron chi connectivity index (χ1n) is 5.18. The number of hydrogen-bond acceptors (Lipinski definition) is 2. The maximum atomic E-state index is 10.2. The summed E-state index contributed by atoms with van der Waals surface area (Å²) in [5.74, 6) is -1.76. The molecule has 0 saturated heterocycles. The summed E-state index contributed by atoms with van der Waals surface area (Å²) < 4.78 is 0. The fourth-order valence-electron chi connectivity index (χ4n) is 1.16. The van der Waals surface area contributed by atoms with Crippen molar-refractivity contribution >= 4 is 24.3 Å². The van der Waals surface area contributed by atoms with E-state index in [1.54, 1.807) is 60.7 Å². The van der Waals surface area contributed by atoms with E-state index in [2.05, 4.69) is 0 Å². The highest BCUT2D eigenvalue weighted by Gasteiger charge is 1.97. The number of aromatic carboxylic acids is 2. The van der Waals surface area contributed by atoms with Crippen LogP contribution in [-0.4, -0.2) is 22.2 Å². The Bertz CT molecular complexity index is 462. The number of carbonyl (C=O) groups is 2. The first-order valence-corrected chi connectivity index (χ1v) is 5.18. The van der Waals surface area contributed by atoms with Crippen LogP contribution >= 0.6 is 12.4 Å². The van der Waals surface area contributed by atoms with Gasteiger partial charge in [0.25, 0.3) is 0 Å². The fourth-order valence-corrected chi connectivity index (χ4v) is 1.16. The molecule has 0 unspecified atom stereocenters. The van der Waals surface area contributed by atoms with E-state index in [9.17, 15) is 9.59 Å². The second-order valence-electron chi connectivity index (χ2n) is 3.34. The normalized spacial score (nSPS) is 8.42. The summed E-state index contributed by atoms with van der Waals surface area (Å²) in [4.78, 5) is 20.4. The van der Waals surface area contributed by atoms with Gasteiger partial charge in [-0.2, -0.15) is 0 Å². The van der Waals surface area contributed by atoms with Crippen LogP contribution < -0.4 is 0 Å². The predicted molar refractivity (Wildman–Crippen MR) is 74.1 cm³/mol. The van der Waals surface area contributed by atoms with Gasteiger partial charge in [0, 0.05) is 0 Å². The lowest BCUT2D eigenvalue weighted by molar-refractivity contribution is 0.0686. The van der Waals surface area contributed by atoms with E-state index >= 15 is 0 Å². The van der Waals surface area contributed by atoms with Crippen molar-refractivity contribution in [3.63, 3.8) is 0 Å².